The van der Waals surface area contributed by atoms with Crippen molar-refractivity contribution in [3.63, 3.8) is 0 Å². The van der Waals surface area contributed by atoms with Gasteiger partial charge >= 0.3 is 5.97 Å². The van der Waals surface area contributed by atoms with Crippen molar-refractivity contribution in [2.75, 3.05) is 26.4 Å². The molecule has 0 spiro atoms. The molecule has 0 heterocycles. The van der Waals surface area contributed by atoms with E-state index in [1.165, 1.54) is 0 Å². The Morgan fingerprint density at radius 2 is 1.36 bits per heavy atom. The van der Waals surface area contributed by atoms with Crippen LogP contribution in [0.3, 0.4) is 0 Å². The van der Waals surface area contributed by atoms with E-state index in [1.54, 1.807) is 12.1 Å². The smallest absolute Gasteiger partial charge is 0.338 e. The molecule has 1 aromatic rings. The first-order valence-electron chi connectivity index (χ1n) is 9.26. The number of esters is 1. The average Bonchev–Trinajstić information content (AvgIpc) is 2.60. The second-order valence-corrected chi connectivity index (χ2v) is 6.34. The summed E-state index contributed by atoms with van der Waals surface area (Å²) in [7, 11) is 0. The van der Waals surface area contributed by atoms with Crippen LogP contribution in [0.5, 0.6) is 17.2 Å². The first-order valence-corrected chi connectivity index (χ1v) is 9.26. The van der Waals surface area contributed by atoms with Gasteiger partial charge in [0, 0.05) is 0 Å². The van der Waals surface area contributed by atoms with Gasteiger partial charge in [0.2, 0.25) is 5.75 Å². The van der Waals surface area contributed by atoms with Crippen LogP contribution in [0, 0.1) is 5.92 Å². The number of rotatable bonds is 12. The van der Waals surface area contributed by atoms with Crippen LogP contribution in [0.25, 0.3) is 0 Å². The van der Waals surface area contributed by atoms with Crippen LogP contribution in [0.1, 0.15) is 64.2 Å². The Bertz CT molecular complexity index is 496. The summed E-state index contributed by atoms with van der Waals surface area (Å²) in [5.41, 5.74) is 0.418. The number of carbonyl (C=O) groups is 1. The number of hydrogen-bond donors (Lipinski definition) is 0. The Morgan fingerprint density at radius 3 is 1.80 bits per heavy atom. The first kappa shape index (κ1) is 21.1. The van der Waals surface area contributed by atoms with Crippen molar-refractivity contribution in [1.29, 1.82) is 0 Å². The molecule has 0 aliphatic heterocycles. The zero-order valence-electron chi connectivity index (χ0n) is 16.2. The van der Waals surface area contributed by atoms with Gasteiger partial charge in [-0.15, -0.1) is 0 Å². The lowest BCUT2D eigenvalue weighted by molar-refractivity contribution is 0.0457. The van der Waals surface area contributed by atoms with Gasteiger partial charge in [-0.05, 0) is 37.3 Å². The molecule has 0 radical (unpaired) electrons. The van der Waals surface area contributed by atoms with Crippen LogP contribution in [0.2, 0.25) is 0 Å². The van der Waals surface area contributed by atoms with E-state index in [4.69, 9.17) is 18.9 Å². The summed E-state index contributed by atoms with van der Waals surface area (Å²) in [5, 5.41) is 0. The molecule has 5 heteroatoms. The van der Waals surface area contributed by atoms with Gasteiger partial charge in [0.15, 0.2) is 11.5 Å². The molecule has 0 atom stereocenters. The van der Waals surface area contributed by atoms with Crippen molar-refractivity contribution in [1.82, 2.24) is 0 Å². The van der Waals surface area contributed by atoms with Crippen LogP contribution in [0.4, 0.5) is 0 Å². The zero-order chi connectivity index (χ0) is 18.7. The predicted octanol–water partition coefficient (Wildman–Crippen LogP) is 4.87. The summed E-state index contributed by atoms with van der Waals surface area (Å²) in [6.45, 7) is 12.1. The van der Waals surface area contributed by atoms with Crippen LogP contribution < -0.4 is 14.2 Å². The van der Waals surface area contributed by atoms with E-state index in [0.717, 1.165) is 19.3 Å². The fraction of sp³-hybridized carbons (Fsp3) is 0.650. The fourth-order valence-corrected chi connectivity index (χ4v) is 2.01. The molecule has 0 aliphatic rings. The Balaban J connectivity index is 3.17. The van der Waals surface area contributed by atoms with E-state index >= 15 is 0 Å². The average molecular weight is 352 g/mol. The molecule has 0 bridgehead atoms. The second-order valence-electron chi connectivity index (χ2n) is 6.34. The molecule has 1 aromatic carbocycles. The highest BCUT2D eigenvalue weighted by Gasteiger charge is 2.19. The Hall–Kier alpha value is -1.91. The summed E-state index contributed by atoms with van der Waals surface area (Å²) in [4.78, 5) is 12.4. The van der Waals surface area contributed by atoms with Gasteiger partial charge in [-0.2, -0.15) is 0 Å². The molecule has 0 amide bonds. The zero-order valence-corrected chi connectivity index (χ0v) is 16.2. The summed E-state index contributed by atoms with van der Waals surface area (Å²) in [6, 6.07) is 3.37. The van der Waals surface area contributed by atoms with Gasteiger partial charge in [-0.3, -0.25) is 0 Å². The molecule has 0 saturated carbocycles. The van der Waals surface area contributed by atoms with Gasteiger partial charge in [0.25, 0.3) is 0 Å². The third kappa shape index (κ3) is 7.24. The highest BCUT2D eigenvalue weighted by atomic mass is 16.5. The highest BCUT2D eigenvalue weighted by molar-refractivity contribution is 5.91. The van der Waals surface area contributed by atoms with Gasteiger partial charge in [-0.25, -0.2) is 4.79 Å². The second kappa shape index (κ2) is 11.6. The Morgan fingerprint density at radius 1 is 0.880 bits per heavy atom. The lowest BCUT2D eigenvalue weighted by Gasteiger charge is -2.18. The molecule has 1 rings (SSSR count). The van der Waals surface area contributed by atoms with Crippen LogP contribution in [-0.4, -0.2) is 32.4 Å². The molecule has 0 unspecified atom stereocenters. The number of carbonyl (C=O) groups excluding carboxylic acids is 1. The molecule has 0 fully saturated rings. The van der Waals surface area contributed by atoms with Gasteiger partial charge in [-0.1, -0.05) is 34.6 Å². The molecular formula is C20H32O5. The quantitative estimate of drug-likeness (QED) is 0.503. The summed E-state index contributed by atoms with van der Waals surface area (Å²) < 4.78 is 22.8. The van der Waals surface area contributed by atoms with Crippen molar-refractivity contribution in [2.24, 2.45) is 5.92 Å². The lowest BCUT2D eigenvalue weighted by atomic mass is 10.1. The van der Waals surface area contributed by atoms with E-state index < -0.39 is 0 Å². The van der Waals surface area contributed by atoms with E-state index in [0.29, 0.717) is 49.2 Å². The molecule has 0 saturated heterocycles. The largest absolute Gasteiger partial charge is 0.490 e. The maximum absolute atomic E-state index is 12.4. The van der Waals surface area contributed by atoms with Gasteiger partial charge in [0.05, 0.1) is 32.0 Å². The molecule has 0 aliphatic carbocycles. The molecule has 25 heavy (non-hydrogen) atoms. The Labute approximate surface area is 151 Å². The third-order valence-corrected chi connectivity index (χ3v) is 3.18. The standard InChI is InChI=1S/C20H32O5/c1-6-9-22-17-12-16(20(21)25-14-15(4)5)13-18(23-10-7-2)19(17)24-11-8-3/h12-13,15H,6-11,14H2,1-5H3. The molecular weight excluding hydrogens is 320 g/mol. The van der Waals surface area contributed by atoms with Gasteiger partial charge < -0.3 is 18.9 Å². The van der Waals surface area contributed by atoms with Crippen molar-refractivity contribution in [3.8, 4) is 17.2 Å². The van der Waals surface area contributed by atoms with Crippen LogP contribution in [-0.2, 0) is 4.74 Å². The normalized spacial score (nSPS) is 10.6. The van der Waals surface area contributed by atoms with Crippen molar-refractivity contribution < 1.29 is 23.7 Å². The monoisotopic (exact) mass is 352 g/mol. The Kier molecular flexibility index (Phi) is 9.81. The van der Waals surface area contributed by atoms with E-state index in [-0.39, 0.29) is 11.9 Å². The molecule has 142 valence electrons. The minimum absolute atomic E-state index is 0.280. The van der Waals surface area contributed by atoms with E-state index in [2.05, 4.69) is 0 Å². The number of ether oxygens (including phenoxy) is 4. The summed E-state index contributed by atoms with van der Waals surface area (Å²) in [5.74, 6) is 1.52. The molecule has 0 N–H and O–H groups in total. The summed E-state index contributed by atoms with van der Waals surface area (Å²) in [6.07, 6.45) is 2.60. The first-order chi connectivity index (χ1) is 12.0. The van der Waals surface area contributed by atoms with Crippen molar-refractivity contribution in [3.05, 3.63) is 17.7 Å². The van der Waals surface area contributed by atoms with Gasteiger partial charge in [0.1, 0.15) is 0 Å². The maximum Gasteiger partial charge on any atom is 0.338 e. The minimum atomic E-state index is -0.376. The third-order valence-electron chi connectivity index (χ3n) is 3.18. The molecule has 5 nitrogen and oxygen atoms in total. The fourth-order valence-electron chi connectivity index (χ4n) is 2.01. The SMILES string of the molecule is CCCOc1cc(C(=O)OCC(C)C)cc(OCCC)c1OCCC. The summed E-state index contributed by atoms with van der Waals surface area (Å²) >= 11 is 0. The van der Waals surface area contributed by atoms with Crippen LogP contribution in [0.15, 0.2) is 12.1 Å². The lowest BCUT2D eigenvalue weighted by Crippen LogP contribution is -2.12. The number of benzene rings is 1. The van der Waals surface area contributed by atoms with Crippen LogP contribution >= 0.6 is 0 Å². The minimum Gasteiger partial charge on any atom is -0.490 e. The number of hydrogen-bond acceptors (Lipinski definition) is 5. The highest BCUT2D eigenvalue weighted by Crippen LogP contribution is 2.39. The van der Waals surface area contributed by atoms with Crippen molar-refractivity contribution >= 4 is 5.97 Å². The predicted molar refractivity (Wildman–Crippen MR) is 98.9 cm³/mol. The molecule has 0 aromatic heterocycles. The topological polar surface area (TPSA) is 54.0 Å². The van der Waals surface area contributed by atoms with E-state index in [1.807, 2.05) is 34.6 Å². The van der Waals surface area contributed by atoms with E-state index in [9.17, 15) is 4.79 Å². The van der Waals surface area contributed by atoms with Crippen molar-refractivity contribution in [2.45, 2.75) is 53.9 Å². The maximum atomic E-state index is 12.4.